The summed E-state index contributed by atoms with van der Waals surface area (Å²) in [6.45, 7) is 10.3. The molecule has 0 saturated carbocycles. The minimum atomic E-state index is 0.426. The second kappa shape index (κ2) is 13.3. The standard InChI is InChI=1S/C23H43N5/c1-25(2)17-18-27(4)20-19-26(3)16-13-24-23(22-11-7-5-8-12-22)21-28-14-9-6-10-15-28/h5,7-8,11-12,23-24H,6,9-10,13-21H2,1-4H3/t23-/m0/s1. The minimum absolute atomic E-state index is 0.426. The summed E-state index contributed by atoms with van der Waals surface area (Å²) < 4.78 is 0. The summed E-state index contributed by atoms with van der Waals surface area (Å²) in [6.07, 6.45) is 4.10. The Morgan fingerprint density at radius 1 is 0.821 bits per heavy atom. The fourth-order valence-electron chi connectivity index (χ4n) is 3.74. The molecule has 1 atom stereocenters. The van der Waals surface area contributed by atoms with Gasteiger partial charge in [0.05, 0.1) is 0 Å². The van der Waals surface area contributed by atoms with Crippen molar-refractivity contribution in [1.82, 2.24) is 24.9 Å². The lowest BCUT2D eigenvalue weighted by atomic mass is 10.0. The molecule has 0 spiro atoms. The third-order valence-corrected chi connectivity index (χ3v) is 5.77. The van der Waals surface area contributed by atoms with Gasteiger partial charge in [-0.3, -0.25) is 0 Å². The van der Waals surface area contributed by atoms with Crippen molar-refractivity contribution in [2.75, 3.05) is 87.1 Å². The van der Waals surface area contributed by atoms with Crippen molar-refractivity contribution in [1.29, 1.82) is 0 Å². The highest BCUT2D eigenvalue weighted by molar-refractivity contribution is 5.19. The lowest BCUT2D eigenvalue weighted by molar-refractivity contribution is 0.200. The fraction of sp³-hybridized carbons (Fsp3) is 0.739. The third kappa shape index (κ3) is 9.48. The fourth-order valence-corrected chi connectivity index (χ4v) is 3.74. The molecule has 1 saturated heterocycles. The van der Waals surface area contributed by atoms with E-state index in [1.807, 2.05) is 0 Å². The molecule has 1 heterocycles. The molecular weight excluding hydrogens is 346 g/mol. The summed E-state index contributed by atoms with van der Waals surface area (Å²) in [7, 11) is 8.74. The van der Waals surface area contributed by atoms with E-state index in [0.717, 1.165) is 45.8 Å². The Morgan fingerprint density at radius 2 is 1.43 bits per heavy atom. The summed E-state index contributed by atoms with van der Waals surface area (Å²) >= 11 is 0. The molecule has 1 aromatic rings. The van der Waals surface area contributed by atoms with Crippen LogP contribution in [0.1, 0.15) is 30.9 Å². The number of likely N-dealkylation sites (N-methyl/N-ethyl adjacent to an activating group) is 3. The third-order valence-electron chi connectivity index (χ3n) is 5.77. The Morgan fingerprint density at radius 3 is 2.07 bits per heavy atom. The molecule has 1 aromatic carbocycles. The van der Waals surface area contributed by atoms with Crippen LogP contribution in [0.25, 0.3) is 0 Å². The average molecular weight is 390 g/mol. The van der Waals surface area contributed by atoms with Crippen molar-refractivity contribution in [3.05, 3.63) is 35.9 Å². The van der Waals surface area contributed by atoms with E-state index in [1.165, 1.54) is 37.9 Å². The molecule has 5 heteroatoms. The van der Waals surface area contributed by atoms with E-state index in [4.69, 9.17) is 0 Å². The summed E-state index contributed by atoms with van der Waals surface area (Å²) in [5.41, 5.74) is 1.42. The van der Waals surface area contributed by atoms with Crippen LogP contribution in [0.4, 0.5) is 0 Å². The van der Waals surface area contributed by atoms with Gasteiger partial charge in [-0.2, -0.15) is 0 Å². The molecule has 0 aliphatic carbocycles. The van der Waals surface area contributed by atoms with Gasteiger partial charge in [0.25, 0.3) is 0 Å². The van der Waals surface area contributed by atoms with Crippen molar-refractivity contribution in [3.63, 3.8) is 0 Å². The predicted octanol–water partition coefficient (Wildman–Crippen LogP) is 2.23. The highest BCUT2D eigenvalue weighted by atomic mass is 15.2. The minimum Gasteiger partial charge on any atom is -0.308 e. The van der Waals surface area contributed by atoms with Gasteiger partial charge in [-0.1, -0.05) is 36.8 Å². The summed E-state index contributed by atoms with van der Waals surface area (Å²) in [6, 6.07) is 11.4. The van der Waals surface area contributed by atoms with Gasteiger partial charge in [-0.05, 0) is 59.7 Å². The second-order valence-corrected chi connectivity index (χ2v) is 8.69. The average Bonchev–Trinajstić information content (AvgIpc) is 2.71. The first-order valence-electron chi connectivity index (χ1n) is 11.1. The van der Waals surface area contributed by atoms with Crippen molar-refractivity contribution in [3.8, 4) is 0 Å². The van der Waals surface area contributed by atoms with Crippen LogP contribution in [0.15, 0.2) is 30.3 Å². The maximum absolute atomic E-state index is 3.84. The molecule has 5 nitrogen and oxygen atoms in total. The van der Waals surface area contributed by atoms with Gasteiger partial charge in [0.2, 0.25) is 0 Å². The van der Waals surface area contributed by atoms with Crippen molar-refractivity contribution in [2.45, 2.75) is 25.3 Å². The SMILES string of the molecule is CN(C)CCN(C)CCN(C)CCN[C@@H](CN1CCCCC1)c1ccccc1. The molecule has 0 radical (unpaired) electrons. The number of rotatable bonds is 13. The zero-order valence-electron chi connectivity index (χ0n) is 18.7. The van der Waals surface area contributed by atoms with E-state index >= 15 is 0 Å². The molecule has 0 bridgehead atoms. The van der Waals surface area contributed by atoms with E-state index in [-0.39, 0.29) is 0 Å². The van der Waals surface area contributed by atoms with Crippen LogP contribution in [-0.4, -0.2) is 107 Å². The molecule has 0 unspecified atom stereocenters. The number of benzene rings is 1. The van der Waals surface area contributed by atoms with E-state index in [9.17, 15) is 0 Å². The lowest BCUT2D eigenvalue weighted by Crippen LogP contribution is -2.41. The molecule has 2 rings (SSSR count). The maximum atomic E-state index is 3.84. The Kier molecular flexibility index (Phi) is 11.1. The van der Waals surface area contributed by atoms with Crippen molar-refractivity contribution < 1.29 is 0 Å². The maximum Gasteiger partial charge on any atom is 0.0449 e. The molecule has 1 fully saturated rings. The summed E-state index contributed by atoms with van der Waals surface area (Å²) in [5, 5.41) is 3.84. The number of hydrogen-bond donors (Lipinski definition) is 1. The van der Waals surface area contributed by atoms with Crippen LogP contribution in [0.2, 0.25) is 0 Å². The van der Waals surface area contributed by atoms with Gasteiger partial charge < -0.3 is 24.9 Å². The normalized spacial score (nSPS) is 17.0. The second-order valence-electron chi connectivity index (χ2n) is 8.69. The molecular formula is C23H43N5. The summed E-state index contributed by atoms with van der Waals surface area (Å²) in [5.74, 6) is 0. The Bertz CT molecular complexity index is 501. The highest BCUT2D eigenvalue weighted by Crippen LogP contribution is 2.17. The molecule has 0 aromatic heterocycles. The molecule has 28 heavy (non-hydrogen) atoms. The first kappa shape index (κ1) is 23.3. The van der Waals surface area contributed by atoms with Crippen LogP contribution < -0.4 is 5.32 Å². The van der Waals surface area contributed by atoms with Gasteiger partial charge in [-0.25, -0.2) is 0 Å². The molecule has 160 valence electrons. The smallest absolute Gasteiger partial charge is 0.0449 e. The predicted molar refractivity (Wildman–Crippen MR) is 121 cm³/mol. The number of likely N-dealkylation sites (tertiary alicyclic amines) is 1. The van der Waals surface area contributed by atoms with Crippen LogP contribution in [0, 0.1) is 0 Å². The number of hydrogen-bond acceptors (Lipinski definition) is 5. The monoisotopic (exact) mass is 389 g/mol. The van der Waals surface area contributed by atoms with Crippen molar-refractivity contribution in [2.24, 2.45) is 0 Å². The Balaban J connectivity index is 1.72. The number of nitrogens with one attached hydrogen (secondary N) is 1. The van der Waals surface area contributed by atoms with Gasteiger partial charge in [0.1, 0.15) is 0 Å². The zero-order valence-corrected chi connectivity index (χ0v) is 18.7. The molecule has 1 aliphatic rings. The lowest BCUT2D eigenvalue weighted by Gasteiger charge is -2.31. The Labute approximate surface area is 173 Å². The quantitative estimate of drug-likeness (QED) is 0.558. The van der Waals surface area contributed by atoms with E-state index in [2.05, 4.69) is 83.4 Å². The van der Waals surface area contributed by atoms with Crippen molar-refractivity contribution >= 4 is 0 Å². The zero-order chi connectivity index (χ0) is 20.2. The molecule has 1 N–H and O–H groups in total. The van der Waals surface area contributed by atoms with Crippen LogP contribution in [-0.2, 0) is 0 Å². The van der Waals surface area contributed by atoms with E-state index < -0.39 is 0 Å². The van der Waals surface area contributed by atoms with Gasteiger partial charge in [0, 0.05) is 51.9 Å². The summed E-state index contributed by atoms with van der Waals surface area (Å²) in [4.78, 5) is 9.75. The largest absolute Gasteiger partial charge is 0.308 e. The van der Waals surface area contributed by atoms with Crippen LogP contribution in [0.5, 0.6) is 0 Å². The van der Waals surface area contributed by atoms with Gasteiger partial charge in [0.15, 0.2) is 0 Å². The van der Waals surface area contributed by atoms with E-state index in [1.54, 1.807) is 0 Å². The van der Waals surface area contributed by atoms with Gasteiger partial charge in [-0.15, -0.1) is 0 Å². The van der Waals surface area contributed by atoms with E-state index in [0.29, 0.717) is 6.04 Å². The topological polar surface area (TPSA) is 25.0 Å². The van der Waals surface area contributed by atoms with Gasteiger partial charge >= 0.3 is 0 Å². The first-order chi connectivity index (χ1) is 13.5. The first-order valence-corrected chi connectivity index (χ1v) is 11.1. The van der Waals surface area contributed by atoms with Crippen LogP contribution in [0.3, 0.4) is 0 Å². The number of piperidine rings is 1. The Hall–Kier alpha value is -0.980. The highest BCUT2D eigenvalue weighted by Gasteiger charge is 2.17. The number of nitrogens with zero attached hydrogens (tertiary/aromatic N) is 4. The molecule has 1 aliphatic heterocycles. The molecule has 0 amide bonds. The van der Waals surface area contributed by atoms with Crippen LogP contribution >= 0.6 is 0 Å².